The summed E-state index contributed by atoms with van der Waals surface area (Å²) >= 11 is 0. The summed E-state index contributed by atoms with van der Waals surface area (Å²) in [6.07, 6.45) is 6.68. The first-order valence-corrected chi connectivity index (χ1v) is 18.0. The maximum atomic E-state index is 5.10. The van der Waals surface area contributed by atoms with E-state index in [1.54, 1.807) is 0 Å². The van der Waals surface area contributed by atoms with E-state index in [0.717, 1.165) is 52.1 Å². The molecule has 52 heavy (non-hydrogen) atoms. The van der Waals surface area contributed by atoms with Gasteiger partial charge in [0, 0.05) is 27.9 Å². The van der Waals surface area contributed by atoms with Crippen LogP contribution in [0, 0.1) is 0 Å². The van der Waals surface area contributed by atoms with Gasteiger partial charge in [0.15, 0.2) is 0 Å². The highest BCUT2D eigenvalue weighted by atomic mass is 15.1. The van der Waals surface area contributed by atoms with Crippen LogP contribution in [0.3, 0.4) is 0 Å². The number of rotatable bonds is 4. The second kappa shape index (κ2) is 11.4. The Morgan fingerprint density at radius 3 is 1.88 bits per heavy atom. The molecule has 4 heteroatoms. The molecule has 0 bridgehead atoms. The fourth-order valence-electron chi connectivity index (χ4n) is 8.23. The summed E-state index contributed by atoms with van der Waals surface area (Å²) in [5.74, 6) is 0.946. The number of allylic oxidation sites excluding steroid dienone is 1. The Kier molecular flexibility index (Phi) is 6.34. The van der Waals surface area contributed by atoms with Crippen LogP contribution in [0.1, 0.15) is 17.7 Å². The van der Waals surface area contributed by atoms with E-state index in [1.165, 1.54) is 60.6 Å². The minimum atomic E-state index is 0.946. The van der Waals surface area contributed by atoms with Gasteiger partial charge in [-0.1, -0.05) is 109 Å². The number of pyridine rings is 1. The third kappa shape index (κ3) is 4.47. The van der Waals surface area contributed by atoms with Crippen LogP contribution >= 0.6 is 0 Å². The molecule has 3 heterocycles. The van der Waals surface area contributed by atoms with Gasteiger partial charge >= 0.3 is 0 Å². The molecule has 0 amide bonds. The van der Waals surface area contributed by atoms with Gasteiger partial charge in [-0.25, -0.2) is 9.97 Å². The SMILES string of the molecule is C1=Cc2c(n3c4ccccc4nc3c3ccc(-c4ccc(-c5ccc6cc(-c7nc8ccccc8n7-c7ccccc7)ccc6c5)cc4)cc23)CC1. The zero-order valence-corrected chi connectivity index (χ0v) is 28.4. The van der Waals surface area contributed by atoms with E-state index in [0.29, 0.717) is 0 Å². The second-order valence-electron chi connectivity index (χ2n) is 13.8. The smallest absolute Gasteiger partial charge is 0.146 e. The molecular formula is C48H32N4. The van der Waals surface area contributed by atoms with Crippen molar-refractivity contribution < 1.29 is 0 Å². The van der Waals surface area contributed by atoms with Gasteiger partial charge < -0.3 is 0 Å². The van der Waals surface area contributed by atoms with Crippen molar-refractivity contribution in [3.05, 3.63) is 175 Å². The second-order valence-corrected chi connectivity index (χ2v) is 13.8. The van der Waals surface area contributed by atoms with Gasteiger partial charge in [-0.15, -0.1) is 0 Å². The first kappa shape index (κ1) is 29.0. The van der Waals surface area contributed by atoms with Gasteiger partial charge in [0.1, 0.15) is 11.5 Å². The molecule has 11 rings (SSSR count). The van der Waals surface area contributed by atoms with E-state index in [2.05, 4.69) is 179 Å². The van der Waals surface area contributed by atoms with Crippen LogP contribution in [0.2, 0.25) is 0 Å². The number of para-hydroxylation sites is 5. The average Bonchev–Trinajstić information content (AvgIpc) is 3.81. The molecule has 1 aliphatic rings. The average molecular weight is 665 g/mol. The van der Waals surface area contributed by atoms with E-state index >= 15 is 0 Å². The Morgan fingerprint density at radius 2 is 1.10 bits per heavy atom. The van der Waals surface area contributed by atoms with Crippen molar-refractivity contribution in [3.8, 4) is 39.3 Å². The number of fused-ring (bicyclic) bond motifs is 10. The van der Waals surface area contributed by atoms with Gasteiger partial charge in [-0.3, -0.25) is 8.97 Å². The van der Waals surface area contributed by atoms with Crippen LogP contribution in [0.5, 0.6) is 0 Å². The number of aromatic nitrogens is 4. The van der Waals surface area contributed by atoms with Crippen LogP contribution < -0.4 is 0 Å². The lowest BCUT2D eigenvalue weighted by Gasteiger charge is -2.18. The summed E-state index contributed by atoms with van der Waals surface area (Å²) in [6.45, 7) is 0. The molecule has 0 saturated carbocycles. The van der Waals surface area contributed by atoms with Crippen molar-refractivity contribution >= 4 is 55.3 Å². The van der Waals surface area contributed by atoms with Crippen molar-refractivity contribution in [3.63, 3.8) is 0 Å². The van der Waals surface area contributed by atoms with E-state index in [4.69, 9.17) is 9.97 Å². The minimum Gasteiger partial charge on any atom is -0.295 e. The highest BCUT2D eigenvalue weighted by Crippen LogP contribution is 2.37. The number of aryl methyl sites for hydroxylation is 1. The van der Waals surface area contributed by atoms with Crippen LogP contribution in [-0.4, -0.2) is 18.9 Å². The lowest BCUT2D eigenvalue weighted by molar-refractivity contribution is 0.912. The minimum absolute atomic E-state index is 0.946. The molecule has 4 nitrogen and oxygen atoms in total. The molecule has 244 valence electrons. The molecule has 7 aromatic carbocycles. The third-order valence-corrected chi connectivity index (χ3v) is 10.7. The molecule has 0 fully saturated rings. The van der Waals surface area contributed by atoms with Crippen LogP contribution in [0.4, 0.5) is 0 Å². The van der Waals surface area contributed by atoms with E-state index in [1.807, 2.05) is 0 Å². The normalized spacial score (nSPS) is 12.8. The monoisotopic (exact) mass is 664 g/mol. The molecule has 0 atom stereocenters. The topological polar surface area (TPSA) is 35.1 Å². The highest BCUT2D eigenvalue weighted by Gasteiger charge is 2.19. The first-order valence-electron chi connectivity index (χ1n) is 18.0. The number of nitrogens with zero attached hydrogens (tertiary/aromatic N) is 4. The standard InChI is InChI=1S/C48H32N4/c1-2-10-38(11-3-1)51-45-16-8-5-13-42(45)49-47(51)37-25-24-34-28-33(22-23-35(34)29-37)31-18-20-32(21-19-31)36-26-27-40-41(30-36)39-12-4-7-15-44(39)52-46-17-9-6-14-43(46)50-48(40)52/h1-6,8-14,16-30H,7,15H2. The third-order valence-electron chi connectivity index (χ3n) is 10.7. The van der Waals surface area contributed by atoms with Crippen molar-refractivity contribution in [1.82, 2.24) is 18.9 Å². The molecule has 10 aromatic rings. The zero-order chi connectivity index (χ0) is 34.2. The summed E-state index contributed by atoms with van der Waals surface area (Å²) in [7, 11) is 0. The maximum absolute atomic E-state index is 5.10. The van der Waals surface area contributed by atoms with E-state index in [-0.39, 0.29) is 0 Å². The predicted molar refractivity (Wildman–Crippen MR) is 216 cm³/mol. The Morgan fingerprint density at radius 1 is 0.481 bits per heavy atom. The number of hydrogen-bond acceptors (Lipinski definition) is 2. The Bertz CT molecular complexity index is 3050. The molecule has 0 unspecified atom stereocenters. The van der Waals surface area contributed by atoms with E-state index < -0.39 is 0 Å². The van der Waals surface area contributed by atoms with Gasteiger partial charge in [0.2, 0.25) is 0 Å². The molecular weight excluding hydrogens is 633 g/mol. The zero-order valence-electron chi connectivity index (χ0n) is 28.4. The van der Waals surface area contributed by atoms with Crippen molar-refractivity contribution in [1.29, 1.82) is 0 Å². The molecule has 3 aromatic heterocycles. The summed E-state index contributed by atoms with van der Waals surface area (Å²) in [5.41, 5.74) is 15.1. The van der Waals surface area contributed by atoms with Crippen molar-refractivity contribution in [2.75, 3.05) is 0 Å². The number of imidazole rings is 2. The number of benzene rings is 7. The Labute approximate surface area is 300 Å². The van der Waals surface area contributed by atoms with Gasteiger partial charge in [-0.2, -0.15) is 0 Å². The van der Waals surface area contributed by atoms with Crippen LogP contribution in [0.25, 0.3) is 94.7 Å². The molecule has 0 aliphatic heterocycles. The number of hydrogen-bond donors (Lipinski definition) is 0. The van der Waals surface area contributed by atoms with Crippen LogP contribution in [0.15, 0.2) is 164 Å². The predicted octanol–water partition coefficient (Wildman–Crippen LogP) is 12.1. The van der Waals surface area contributed by atoms with E-state index in [9.17, 15) is 0 Å². The molecule has 0 saturated heterocycles. The highest BCUT2D eigenvalue weighted by molar-refractivity contribution is 6.05. The largest absolute Gasteiger partial charge is 0.295 e. The lowest BCUT2D eigenvalue weighted by atomic mass is 9.93. The van der Waals surface area contributed by atoms with Gasteiger partial charge in [-0.05, 0) is 112 Å². The Balaban J connectivity index is 0.946. The molecule has 0 radical (unpaired) electrons. The Hall–Kier alpha value is -6.78. The first-order chi connectivity index (χ1) is 25.8. The van der Waals surface area contributed by atoms with Gasteiger partial charge in [0.25, 0.3) is 0 Å². The summed E-state index contributed by atoms with van der Waals surface area (Å²) in [6, 6.07) is 56.6. The lowest BCUT2D eigenvalue weighted by Crippen LogP contribution is -2.04. The summed E-state index contributed by atoms with van der Waals surface area (Å²) in [4.78, 5) is 10.2. The molecule has 1 aliphatic carbocycles. The quantitative estimate of drug-likeness (QED) is 0.188. The maximum Gasteiger partial charge on any atom is 0.146 e. The molecule has 0 spiro atoms. The van der Waals surface area contributed by atoms with Crippen molar-refractivity contribution in [2.24, 2.45) is 0 Å². The summed E-state index contributed by atoms with van der Waals surface area (Å²) in [5, 5.41) is 4.86. The fourth-order valence-corrected chi connectivity index (χ4v) is 8.23. The van der Waals surface area contributed by atoms with Gasteiger partial charge in [0.05, 0.1) is 22.1 Å². The molecule has 0 N–H and O–H groups in total. The van der Waals surface area contributed by atoms with Crippen LogP contribution in [-0.2, 0) is 6.42 Å². The summed E-state index contributed by atoms with van der Waals surface area (Å²) < 4.78 is 4.64. The fraction of sp³-hybridized carbons (Fsp3) is 0.0417. The van der Waals surface area contributed by atoms with Crippen molar-refractivity contribution in [2.45, 2.75) is 12.8 Å².